The van der Waals surface area contributed by atoms with Crippen molar-refractivity contribution in [3.8, 4) is 11.8 Å². The highest BCUT2D eigenvalue weighted by atomic mass is 16.5. The summed E-state index contributed by atoms with van der Waals surface area (Å²) in [5.41, 5.74) is 5.67. The quantitative estimate of drug-likeness (QED) is 0.437. The number of hydrogen-bond acceptors (Lipinski definition) is 2. The summed E-state index contributed by atoms with van der Waals surface area (Å²) >= 11 is 0. The predicted molar refractivity (Wildman–Crippen MR) is 118 cm³/mol. The molecule has 2 aliphatic rings. The Morgan fingerprint density at radius 1 is 1.13 bits per heavy atom. The monoisotopic (exact) mass is 403 g/mol. The third-order valence-corrected chi connectivity index (χ3v) is 6.47. The van der Waals surface area contributed by atoms with E-state index in [0.717, 1.165) is 29.5 Å². The Labute approximate surface area is 178 Å². The smallest absolute Gasteiger partial charge is 0.303 e. The Kier molecular flexibility index (Phi) is 5.44. The largest absolute Gasteiger partial charge is 0.633 e. The Hall–Kier alpha value is -2.61. The van der Waals surface area contributed by atoms with Gasteiger partial charge in [0.2, 0.25) is 0 Å². The van der Waals surface area contributed by atoms with Crippen molar-refractivity contribution in [2.24, 2.45) is 0 Å². The summed E-state index contributed by atoms with van der Waals surface area (Å²) in [5, 5.41) is 22.2. The molecule has 4 rings (SSSR count). The first-order chi connectivity index (χ1) is 14.3. The summed E-state index contributed by atoms with van der Waals surface area (Å²) in [6, 6.07) is 14.7. The van der Waals surface area contributed by atoms with Gasteiger partial charge in [-0.2, -0.15) is 0 Å². The highest BCUT2D eigenvalue weighted by molar-refractivity contribution is 5.66. The second kappa shape index (κ2) is 7.91. The summed E-state index contributed by atoms with van der Waals surface area (Å²) in [6.45, 7) is 5.74. The van der Waals surface area contributed by atoms with Crippen LogP contribution in [-0.4, -0.2) is 28.8 Å². The number of quaternary nitrogens is 1. The number of aliphatic carboxylic acids is 1. The molecule has 4 nitrogen and oxygen atoms in total. The maximum Gasteiger partial charge on any atom is 0.303 e. The molecule has 0 amide bonds. The van der Waals surface area contributed by atoms with Crippen LogP contribution in [0.25, 0.3) is 0 Å². The zero-order chi connectivity index (χ0) is 21.4. The van der Waals surface area contributed by atoms with Crippen molar-refractivity contribution in [3.63, 3.8) is 0 Å². The topological polar surface area (TPSA) is 60.4 Å². The lowest BCUT2D eigenvalue weighted by atomic mass is 9.85. The average Bonchev–Trinajstić information content (AvgIpc) is 3.46. The Morgan fingerprint density at radius 3 is 2.43 bits per heavy atom. The number of benzene rings is 2. The lowest BCUT2D eigenvalue weighted by Crippen LogP contribution is -2.51. The van der Waals surface area contributed by atoms with E-state index < -0.39 is 5.97 Å². The SMILES string of the molecule is CC(C)c1ccc(C#Cc2ccc3c(c2)C2(CC2)C[N+]([O-])(CCCC(=O)O)C3)cc1. The Morgan fingerprint density at radius 2 is 1.80 bits per heavy atom. The minimum atomic E-state index is -0.831. The number of fused-ring (bicyclic) bond motifs is 2. The number of hydroxylamine groups is 3. The minimum absolute atomic E-state index is 0.0326. The molecule has 0 aromatic heterocycles. The molecule has 1 atom stereocenters. The molecule has 0 saturated heterocycles. The zero-order valence-electron chi connectivity index (χ0n) is 17.8. The lowest BCUT2D eigenvalue weighted by molar-refractivity contribution is -0.899. The molecule has 2 aromatic carbocycles. The first kappa shape index (κ1) is 20.7. The minimum Gasteiger partial charge on any atom is -0.633 e. The maximum absolute atomic E-state index is 13.3. The first-order valence-electron chi connectivity index (χ1n) is 10.8. The van der Waals surface area contributed by atoms with Crippen molar-refractivity contribution >= 4 is 5.97 Å². The molecule has 0 radical (unpaired) electrons. The van der Waals surface area contributed by atoms with Crippen molar-refractivity contribution in [1.29, 1.82) is 0 Å². The molecule has 1 heterocycles. The van der Waals surface area contributed by atoms with Gasteiger partial charge >= 0.3 is 5.97 Å². The molecule has 2 aromatic rings. The van der Waals surface area contributed by atoms with Gasteiger partial charge in [-0.15, -0.1) is 0 Å². The standard InChI is InChI=1S/C26H29NO3/c1-19(2)22-10-7-20(8-11-22)5-6-21-9-12-23-17-27(30,15-3-4-25(28)29)18-26(13-14-26)24(23)16-21/h7-12,16,19H,3-4,13-15,17-18H2,1-2H3,(H,28,29). The van der Waals surface area contributed by atoms with Crippen LogP contribution in [0.2, 0.25) is 0 Å². The number of carboxylic acid groups (broad SMARTS) is 1. The van der Waals surface area contributed by atoms with Gasteiger partial charge in [0, 0.05) is 28.5 Å². The molecule has 156 valence electrons. The van der Waals surface area contributed by atoms with E-state index in [1.165, 1.54) is 11.1 Å². The molecule has 1 saturated carbocycles. The van der Waals surface area contributed by atoms with Crippen LogP contribution in [0.4, 0.5) is 0 Å². The van der Waals surface area contributed by atoms with Crippen LogP contribution in [0.5, 0.6) is 0 Å². The van der Waals surface area contributed by atoms with Gasteiger partial charge in [-0.1, -0.05) is 43.9 Å². The molecule has 0 bridgehead atoms. The molecule has 4 heteroatoms. The van der Waals surface area contributed by atoms with E-state index in [9.17, 15) is 10.0 Å². The van der Waals surface area contributed by atoms with E-state index in [1.807, 2.05) is 6.07 Å². The second-order valence-corrected chi connectivity index (χ2v) is 9.27. The van der Waals surface area contributed by atoms with Crippen molar-refractivity contribution in [2.75, 3.05) is 13.1 Å². The zero-order valence-corrected chi connectivity index (χ0v) is 17.8. The molecule has 1 aliphatic carbocycles. The number of carbonyl (C=O) groups is 1. The van der Waals surface area contributed by atoms with E-state index in [0.29, 0.717) is 32.0 Å². The number of rotatable bonds is 5. The van der Waals surface area contributed by atoms with Crippen LogP contribution < -0.4 is 0 Å². The van der Waals surface area contributed by atoms with Crippen LogP contribution in [0.15, 0.2) is 42.5 Å². The summed E-state index contributed by atoms with van der Waals surface area (Å²) in [5.74, 6) is 6.24. The van der Waals surface area contributed by atoms with E-state index in [2.05, 4.69) is 62.1 Å². The Balaban J connectivity index is 1.53. The molecule has 1 aliphatic heterocycles. The van der Waals surface area contributed by atoms with Gasteiger partial charge in [0.1, 0.15) is 6.54 Å². The van der Waals surface area contributed by atoms with Crippen molar-refractivity contribution < 1.29 is 14.5 Å². The molecule has 1 fully saturated rings. The summed E-state index contributed by atoms with van der Waals surface area (Å²) < 4.78 is -0.298. The van der Waals surface area contributed by atoms with E-state index >= 15 is 0 Å². The van der Waals surface area contributed by atoms with Gasteiger partial charge in [0.25, 0.3) is 0 Å². The fourth-order valence-electron chi connectivity index (χ4n) is 4.64. The van der Waals surface area contributed by atoms with Gasteiger partial charge < -0.3 is 15.0 Å². The van der Waals surface area contributed by atoms with Crippen molar-refractivity contribution in [1.82, 2.24) is 0 Å². The average molecular weight is 404 g/mol. The van der Waals surface area contributed by atoms with Gasteiger partial charge in [-0.25, -0.2) is 0 Å². The number of carboxylic acids is 1. The van der Waals surface area contributed by atoms with Gasteiger partial charge in [-0.3, -0.25) is 4.79 Å². The summed E-state index contributed by atoms with van der Waals surface area (Å²) in [6.07, 6.45) is 2.57. The van der Waals surface area contributed by atoms with Crippen LogP contribution in [0, 0.1) is 17.0 Å². The van der Waals surface area contributed by atoms with Crippen molar-refractivity contribution in [3.05, 3.63) is 75.5 Å². The second-order valence-electron chi connectivity index (χ2n) is 9.27. The molecule has 30 heavy (non-hydrogen) atoms. The van der Waals surface area contributed by atoms with Crippen LogP contribution in [0.1, 0.15) is 73.3 Å². The third kappa shape index (κ3) is 4.43. The molecule has 1 unspecified atom stereocenters. The first-order valence-corrected chi connectivity index (χ1v) is 10.8. The highest BCUT2D eigenvalue weighted by Gasteiger charge is 2.53. The molecule has 1 N–H and O–H groups in total. The lowest BCUT2D eigenvalue weighted by Gasteiger charge is -2.49. The van der Waals surface area contributed by atoms with Gasteiger partial charge in [0.05, 0.1) is 19.5 Å². The summed E-state index contributed by atoms with van der Waals surface area (Å²) in [7, 11) is 0. The highest BCUT2D eigenvalue weighted by Crippen LogP contribution is 2.54. The normalized spacial score (nSPS) is 21.1. The molecule has 1 spiro atoms. The maximum atomic E-state index is 13.3. The fourth-order valence-corrected chi connectivity index (χ4v) is 4.64. The molecular formula is C26H29NO3. The van der Waals surface area contributed by atoms with E-state index in [-0.39, 0.29) is 16.5 Å². The van der Waals surface area contributed by atoms with E-state index in [4.69, 9.17) is 5.11 Å². The number of nitrogens with zero attached hydrogens (tertiary/aromatic N) is 1. The number of hydrogen-bond donors (Lipinski definition) is 1. The third-order valence-electron chi connectivity index (χ3n) is 6.47. The van der Waals surface area contributed by atoms with Gasteiger partial charge in [0.15, 0.2) is 0 Å². The predicted octanol–water partition coefficient (Wildman–Crippen LogP) is 4.93. The van der Waals surface area contributed by atoms with Crippen molar-refractivity contribution in [2.45, 2.75) is 57.4 Å². The van der Waals surface area contributed by atoms with Crippen LogP contribution in [0.3, 0.4) is 0 Å². The van der Waals surface area contributed by atoms with Gasteiger partial charge in [-0.05, 0) is 54.2 Å². The Bertz CT molecular complexity index is 1010. The van der Waals surface area contributed by atoms with Crippen LogP contribution >= 0.6 is 0 Å². The fraction of sp³-hybridized carbons (Fsp3) is 0.423. The summed E-state index contributed by atoms with van der Waals surface area (Å²) in [4.78, 5) is 10.8. The van der Waals surface area contributed by atoms with E-state index in [1.54, 1.807) is 0 Å². The molecular weight excluding hydrogens is 374 g/mol. The van der Waals surface area contributed by atoms with Crippen LogP contribution in [-0.2, 0) is 16.8 Å².